The van der Waals surface area contributed by atoms with Gasteiger partial charge >= 0.3 is 5.97 Å². The van der Waals surface area contributed by atoms with Crippen LogP contribution in [0.1, 0.15) is 16.8 Å². The first kappa shape index (κ1) is 20.4. The van der Waals surface area contributed by atoms with Crippen molar-refractivity contribution in [1.29, 1.82) is 5.26 Å². The number of carbonyl (C=O) groups is 2. The first-order valence-corrected chi connectivity index (χ1v) is 8.69. The van der Waals surface area contributed by atoms with Gasteiger partial charge in [-0.05, 0) is 58.4 Å². The molecule has 0 aliphatic rings. The number of carbonyl (C=O) groups excluding carboxylic acids is 2. The quantitative estimate of drug-likeness (QED) is 0.620. The highest BCUT2D eigenvalue weighted by molar-refractivity contribution is 9.10. The van der Waals surface area contributed by atoms with Crippen molar-refractivity contribution in [2.75, 3.05) is 25.2 Å². The lowest BCUT2D eigenvalue weighted by atomic mass is 10.2. The molecule has 0 aliphatic carbocycles. The van der Waals surface area contributed by atoms with Crippen LogP contribution in [-0.2, 0) is 9.53 Å². The van der Waals surface area contributed by atoms with Gasteiger partial charge in [0.2, 0.25) is 0 Å². The molecule has 2 aromatic carbocycles. The molecule has 0 atom stereocenters. The standard InChI is InChI=1S/C19H16BrFN2O4/c1-26-15-7-8-17(20)16(11-15)19(25)27-12-18(24)23(10-2-9-22)14-5-3-13(21)4-6-14/h3-8,11H,2,10,12H2,1H3. The van der Waals surface area contributed by atoms with E-state index in [0.717, 1.165) is 0 Å². The average molecular weight is 435 g/mol. The highest BCUT2D eigenvalue weighted by Crippen LogP contribution is 2.23. The van der Waals surface area contributed by atoms with Crippen molar-refractivity contribution in [3.8, 4) is 11.8 Å². The molecule has 0 aliphatic heterocycles. The normalized spacial score (nSPS) is 10.0. The number of methoxy groups -OCH3 is 1. The number of amides is 1. The molecule has 140 valence electrons. The predicted octanol–water partition coefficient (Wildman–Crippen LogP) is 3.70. The molecule has 0 bridgehead atoms. The monoisotopic (exact) mass is 434 g/mol. The zero-order valence-electron chi connectivity index (χ0n) is 14.4. The molecule has 2 rings (SSSR count). The molecule has 0 saturated carbocycles. The molecule has 0 saturated heterocycles. The van der Waals surface area contributed by atoms with E-state index in [1.807, 2.05) is 6.07 Å². The Morgan fingerprint density at radius 3 is 2.56 bits per heavy atom. The van der Waals surface area contributed by atoms with E-state index in [1.165, 1.54) is 42.3 Å². The first-order chi connectivity index (χ1) is 13.0. The summed E-state index contributed by atoms with van der Waals surface area (Å²) in [6.45, 7) is -0.424. The van der Waals surface area contributed by atoms with Crippen LogP contribution in [-0.4, -0.2) is 32.1 Å². The summed E-state index contributed by atoms with van der Waals surface area (Å²) in [7, 11) is 1.47. The first-order valence-electron chi connectivity index (χ1n) is 7.89. The number of hydrogen-bond donors (Lipinski definition) is 0. The maximum absolute atomic E-state index is 13.1. The number of ether oxygens (including phenoxy) is 2. The summed E-state index contributed by atoms with van der Waals surface area (Å²) in [6.07, 6.45) is 0.0818. The van der Waals surface area contributed by atoms with Gasteiger partial charge in [-0.2, -0.15) is 5.26 Å². The molecule has 8 heteroatoms. The smallest absolute Gasteiger partial charge is 0.339 e. The maximum atomic E-state index is 13.1. The maximum Gasteiger partial charge on any atom is 0.339 e. The second kappa shape index (κ2) is 9.69. The summed E-state index contributed by atoms with van der Waals surface area (Å²) >= 11 is 3.25. The van der Waals surface area contributed by atoms with Crippen LogP contribution in [0, 0.1) is 17.1 Å². The van der Waals surface area contributed by atoms with Gasteiger partial charge in [0.05, 0.1) is 25.2 Å². The zero-order valence-corrected chi connectivity index (χ0v) is 16.0. The molecule has 27 heavy (non-hydrogen) atoms. The minimum atomic E-state index is -0.700. The van der Waals surface area contributed by atoms with Crippen LogP contribution >= 0.6 is 15.9 Å². The number of rotatable bonds is 7. The van der Waals surface area contributed by atoms with Crippen LogP contribution in [0.5, 0.6) is 5.75 Å². The average Bonchev–Trinajstić information content (AvgIpc) is 2.68. The van der Waals surface area contributed by atoms with E-state index in [1.54, 1.807) is 12.1 Å². The Morgan fingerprint density at radius 2 is 1.93 bits per heavy atom. The lowest BCUT2D eigenvalue weighted by Crippen LogP contribution is -2.35. The van der Waals surface area contributed by atoms with Crippen LogP contribution in [0.15, 0.2) is 46.9 Å². The minimum absolute atomic E-state index is 0.0818. The molecule has 0 unspecified atom stereocenters. The fourth-order valence-corrected chi connectivity index (χ4v) is 2.66. The molecular formula is C19H16BrFN2O4. The van der Waals surface area contributed by atoms with Gasteiger partial charge in [-0.25, -0.2) is 9.18 Å². The molecule has 1 amide bonds. The highest BCUT2D eigenvalue weighted by Gasteiger charge is 2.19. The SMILES string of the molecule is COc1ccc(Br)c(C(=O)OCC(=O)N(CCC#N)c2ccc(F)cc2)c1. The Hall–Kier alpha value is -2.92. The van der Waals surface area contributed by atoms with Gasteiger partial charge in [0.1, 0.15) is 11.6 Å². The molecule has 0 radical (unpaired) electrons. The van der Waals surface area contributed by atoms with Crippen molar-refractivity contribution in [2.45, 2.75) is 6.42 Å². The van der Waals surface area contributed by atoms with E-state index < -0.39 is 24.3 Å². The number of benzene rings is 2. The van der Waals surface area contributed by atoms with Crippen LogP contribution < -0.4 is 9.64 Å². The second-order valence-electron chi connectivity index (χ2n) is 5.35. The zero-order chi connectivity index (χ0) is 19.8. The summed E-state index contributed by atoms with van der Waals surface area (Å²) in [5.41, 5.74) is 0.628. The van der Waals surface area contributed by atoms with Gasteiger partial charge in [0, 0.05) is 16.7 Å². The van der Waals surface area contributed by atoms with Crippen LogP contribution in [0.4, 0.5) is 10.1 Å². The number of hydrogen-bond acceptors (Lipinski definition) is 5. The number of nitrogens with zero attached hydrogens (tertiary/aromatic N) is 2. The van der Waals surface area contributed by atoms with Crippen molar-refractivity contribution < 1.29 is 23.5 Å². The van der Waals surface area contributed by atoms with Crippen molar-refractivity contribution >= 4 is 33.5 Å². The van der Waals surface area contributed by atoms with Gasteiger partial charge in [0.15, 0.2) is 6.61 Å². The summed E-state index contributed by atoms with van der Waals surface area (Å²) in [6, 6.07) is 12.0. The fraction of sp³-hybridized carbons (Fsp3) is 0.211. The number of halogens is 2. The summed E-state index contributed by atoms with van der Waals surface area (Å²) in [5.74, 6) is -1.20. The van der Waals surface area contributed by atoms with E-state index in [2.05, 4.69) is 15.9 Å². The molecule has 0 fully saturated rings. The third kappa shape index (κ3) is 5.53. The third-order valence-electron chi connectivity index (χ3n) is 3.61. The fourth-order valence-electron chi connectivity index (χ4n) is 2.25. The van der Waals surface area contributed by atoms with E-state index in [9.17, 15) is 14.0 Å². The lowest BCUT2D eigenvalue weighted by Gasteiger charge is -2.21. The Morgan fingerprint density at radius 1 is 1.22 bits per heavy atom. The van der Waals surface area contributed by atoms with Crippen molar-refractivity contribution in [2.24, 2.45) is 0 Å². The Balaban J connectivity index is 2.09. The largest absolute Gasteiger partial charge is 0.497 e. The molecule has 0 aromatic heterocycles. The number of esters is 1. The topological polar surface area (TPSA) is 79.6 Å². The van der Waals surface area contributed by atoms with Crippen LogP contribution in [0.3, 0.4) is 0 Å². The predicted molar refractivity (Wildman–Crippen MR) is 100.0 cm³/mol. The molecular weight excluding hydrogens is 419 g/mol. The van der Waals surface area contributed by atoms with Gasteiger partial charge < -0.3 is 14.4 Å². The molecule has 0 spiro atoms. The summed E-state index contributed by atoms with van der Waals surface area (Å²) in [4.78, 5) is 26.0. The molecule has 0 heterocycles. The van der Waals surface area contributed by atoms with Crippen LogP contribution in [0.2, 0.25) is 0 Å². The Bertz CT molecular complexity index is 865. The number of nitriles is 1. The summed E-state index contributed by atoms with van der Waals surface area (Å²) in [5, 5.41) is 8.78. The van der Waals surface area contributed by atoms with Crippen molar-refractivity contribution in [3.63, 3.8) is 0 Å². The van der Waals surface area contributed by atoms with Gasteiger partial charge in [0.25, 0.3) is 5.91 Å². The molecule has 0 N–H and O–H groups in total. The lowest BCUT2D eigenvalue weighted by molar-refractivity contribution is -0.121. The molecule has 2 aromatic rings. The van der Waals surface area contributed by atoms with Crippen LogP contribution in [0.25, 0.3) is 0 Å². The number of anilines is 1. The molecule has 6 nitrogen and oxygen atoms in total. The third-order valence-corrected chi connectivity index (χ3v) is 4.30. The van der Waals surface area contributed by atoms with E-state index >= 15 is 0 Å². The Kier molecular flexibility index (Phi) is 7.32. The van der Waals surface area contributed by atoms with Gasteiger partial charge in [-0.1, -0.05) is 0 Å². The van der Waals surface area contributed by atoms with Crippen molar-refractivity contribution in [1.82, 2.24) is 0 Å². The van der Waals surface area contributed by atoms with Gasteiger partial charge in [-0.3, -0.25) is 4.79 Å². The van der Waals surface area contributed by atoms with E-state index in [4.69, 9.17) is 14.7 Å². The Labute approximate surface area is 164 Å². The minimum Gasteiger partial charge on any atom is -0.497 e. The summed E-state index contributed by atoms with van der Waals surface area (Å²) < 4.78 is 23.8. The second-order valence-corrected chi connectivity index (χ2v) is 6.21. The highest BCUT2D eigenvalue weighted by atomic mass is 79.9. The van der Waals surface area contributed by atoms with E-state index in [0.29, 0.717) is 15.9 Å². The van der Waals surface area contributed by atoms with Gasteiger partial charge in [-0.15, -0.1) is 0 Å². The van der Waals surface area contributed by atoms with Crippen molar-refractivity contribution in [3.05, 3.63) is 58.3 Å². The van der Waals surface area contributed by atoms with E-state index in [-0.39, 0.29) is 18.5 Å².